The summed E-state index contributed by atoms with van der Waals surface area (Å²) in [5, 5.41) is 44.7. The van der Waals surface area contributed by atoms with Crippen LogP contribution >= 0.6 is 0 Å². The van der Waals surface area contributed by atoms with Crippen molar-refractivity contribution in [1.29, 1.82) is 0 Å². The molecular formula is C51H87NO14Si. The summed E-state index contributed by atoms with van der Waals surface area (Å²) in [6.07, 6.45) is 0.961. The lowest BCUT2D eigenvalue weighted by Crippen LogP contribution is -2.64. The highest BCUT2D eigenvalue weighted by Crippen LogP contribution is 2.45. The first-order chi connectivity index (χ1) is 31.2. The number of rotatable bonds is 10. The molecule has 3 fully saturated rings. The SMILES string of the molecule is CCC1/C=C(\C)CC(C)CC(OC)C2OC(O)(C(=O)C(=O)N3CCCCC3C(=O)OC(C(C)=CC3(C(O)CO)CC[C@H](O)C(OC)C3)C(C)C(O[Si](C)(C)C(C)(C)C)CC1=O)C(C)CC2OC. The highest BCUT2D eigenvalue weighted by Gasteiger charge is 2.57. The highest BCUT2D eigenvalue weighted by molar-refractivity contribution is 6.74. The predicted octanol–water partition coefficient (Wildman–Crippen LogP) is 6.23. The maximum absolute atomic E-state index is 15.0. The molecule has 4 aliphatic rings. The Hall–Kier alpha value is -2.38. The van der Waals surface area contributed by atoms with Gasteiger partial charge in [0, 0.05) is 57.5 Å². The van der Waals surface area contributed by atoms with Crippen molar-refractivity contribution in [2.45, 2.75) is 212 Å². The molecule has 0 aromatic rings. The highest BCUT2D eigenvalue weighted by atomic mass is 28.4. The van der Waals surface area contributed by atoms with Crippen LogP contribution in [0.4, 0.5) is 0 Å². The van der Waals surface area contributed by atoms with Crippen LogP contribution < -0.4 is 0 Å². The molecule has 0 spiro atoms. The van der Waals surface area contributed by atoms with Gasteiger partial charge in [0.15, 0.2) is 8.32 Å². The maximum atomic E-state index is 15.0. The molecule has 0 aromatic heterocycles. The largest absolute Gasteiger partial charge is 0.456 e. The average molecular weight is 966 g/mol. The normalized spacial score (nSPS) is 38.9. The number of Topliss-reactive ketones (excluding diaryl/α,β-unsaturated/α-hetero) is 2. The minimum absolute atomic E-state index is 0.00974. The van der Waals surface area contributed by atoms with E-state index in [0.29, 0.717) is 44.1 Å². The number of hydrogen-bond donors (Lipinski definition) is 4. The minimum atomic E-state index is -2.63. The molecule has 0 radical (unpaired) electrons. The van der Waals surface area contributed by atoms with E-state index in [0.717, 1.165) is 5.57 Å². The number of esters is 1. The van der Waals surface area contributed by atoms with Crippen LogP contribution in [0.3, 0.4) is 0 Å². The summed E-state index contributed by atoms with van der Waals surface area (Å²) in [6.45, 7) is 21.4. The molecule has 0 aromatic carbocycles. The molecule has 1 saturated carbocycles. The van der Waals surface area contributed by atoms with Crippen molar-refractivity contribution < 1.29 is 67.7 Å². The summed E-state index contributed by atoms with van der Waals surface area (Å²) >= 11 is 0. The predicted molar refractivity (Wildman–Crippen MR) is 256 cm³/mol. The van der Waals surface area contributed by atoms with Gasteiger partial charge in [-0.15, -0.1) is 0 Å². The topological polar surface area (TPSA) is 208 Å². The number of fused-ring (bicyclic) bond motifs is 3. The standard InChI is InChI=1S/C51H87NO14Si/c1-15-35-23-30(2)22-31(3)24-40(61-10)45-41(62-11)25-33(5)51(60,65-45)46(57)47(58)52-21-17-16-18-36(52)48(59)64-44(34(6)39(26-38(35)55)66-67(13,14)49(7,8)9)32(4)27-50(43(56)29-53)20-19-37(54)42(28-50)63-12/h23,27,31,33-37,39-45,53-54,56,60H,15-22,24-26,28-29H2,1-14H3/b30-23+,32-27?/t31?,33?,34?,35?,36?,37-,39?,40?,41?,42?,43?,44?,45?,50?,51?/m0/s1. The Morgan fingerprint density at radius 1 is 0.970 bits per heavy atom. The van der Waals surface area contributed by atoms with Crippen molar-refractivity contribution in [2.75, 3.05) is 34.5 Å². The van der Waals surface area contributed by atoms with Gasteiger partial charge in [0.05, 0.1) is 43.2 Å². The fraction of sp³-hybridized carbons (Fsp3) is 0.843. The molecule has 3 heterocycles. The smallest absolute Gasteiger partial charge is 0.329 e. The summed E-state index contributed by atoms with van der Waals surface area (Å²) in [6, 6.07) is -1.21. The van der Waals surface area contributed by atoms with Crippen LogP contribution in [0.25, 0.3) is 0 Å². The van der Waals surface area contributed by atoms with Crippen LogP contribution in [-0.4, -0.2) is 152 Å². The lowest BCUT2D eigenvalue weighted by Gasteiger charge is -2.47. The van der Waals surface area contributed by atoms with Gasteiger partial charge in [0.25, 0.3) is 11.7 Å². The number of carbonyl (C=O) groups excluding carboxylic acids is 4. The van der Waals surface area contributed by atoms with Gasteiger partial charge in [-0.1, -0.05) is 66.2 Å². The number of carbonyl (C=O) groups is 4. The molecule has 2 saturated heterocycles. The van der Waals surface area contributed by atoms with E-state index in [9.17, 15) is 39.6 Å². The van der Waals surface area contributed by atoms with Crippen molar-refractivity contribution in [3.63, 3.8) is 0 Å². The Balaban J connectivity index is 1.95. The van der Waals surface area contributed by atoms with Crippen molar-refractivity contribution in [2.24, 2.45) is 29.1 Å². The van der Waals surface area contributed by atoms with Crippen LogP contribution in [0, 0.1) is 29.1 Å². The number of hydrogen-bond acceptors (Lipinski definition) is 14. The zero-order chi connectivity index (χ0) is 50.4. The van der Waals surface area contributed by atoms with Gasteiger partial charge in [0.2, 0.25) is 5.79 Å². The van der Waals surface area contributed by atoms with E-state index in [4.69, 9.17) is 28.1 Å². The third-order valence-electron chi connectivity index (χ3n) is 16.1. The molecule has 4 N–H and O–H groups in total. The molecule has 15 atom stereocenters. The second-order valence-electron chi connectivity index (χ2n) is 22.1. The summed E-state index contributed by atoms with van der Waals surface area (Å²) < 4.78 is 37.7. The van der Waals surface area contributed by atoms with E-state index in [1.807, 2.05) is 32.9 Å². The lowest BCUT2D eigenvalue weighted by atomic mass is 9.67. The number of amides is 1. The Bertz CT molecular complexity index is 1760. The van der Waals surface area contributed by atoms with Gasteiger partial charge in [0.1, 0.15) is 24.0 Å². The van der Waals surface area contributed by atoms with Gasteiger partial charge >= 0.3 is 5.97 Å². The number of methoxy groups -OCH3 is 3. The van der Waals surface area contributed by atoms with Crippen LogP contribution in [-0.2, 0) is 47.3 Å². The first-order valence-electron chi connectivity index (χ1n) is 24.8. The summed E-state index contributed by atoms with van der Waals surface area (Å²) in [4.78, 5) is 60.0. The van der Waals surface area contributed by atoms with E-state index >= 15 is 0 Å². The van der Waals surface area contributed by atoms with Crippen LogP contribution in [0.2, 0.25) is 18.1 Å². The zero-order valence-corrected chi connectivity index (χ0v) is 44.2. The van der Waals surface area contributed by atoms with Crippen molar-refractivity contribution in [1.82, 2.24) is 4.90 Å². The molecule has 67 heavy (non-hydrogen) atoms. The number of ether oxygens (including phenoxy) is 5. The number of nitrogens with zero attached hydrogens (tertiary/aromatic N) is 1. The molecule has 3 aliphatic heterocycles. The molecule has 16 heteroatoms. The lowest BCUT2D eigenvalue weighted by molar-refractivity contribution is -0.302. The van der Waals surface area contributed by atoms with Crippen LogP contribution in [0.5, 0.6) is 0 Å². The number of aliphatic hydroxyl groups is 4. The van der Waals surface area contributed by atoms with Gasteiger partial charge in [-0.2, -0.15) is 0 Å². The number of cyclic esters (lactones) is 1. The Kier molecular flexibility index (Phi) is 20.2. The number of aliphatic hydroxyl groups excluding tert-OH is 3. The van der Waals surface area contributed by atoms with Crippen molar-refractivity contribution >= 4 is 31.8 Å². The second kappa shape index (κ2) is 23.7. The van der Waals surface area contributed by atoms with E-state index in [1.54, 1.807) is 13.8 Å². The molecule has 15 nitrogen and oxygen atoms in total. The van der Waals surface area contributed by atoms with Crippen molar-refractivity contribution in [3.8, 4) is 0 Å². The van der Waals surface area contributed by atoms with Gasteiger partial charge in [-0.25, -0.2) is 4.79 Å². The summed E-state index contributed by atoms with van der Waals surface area (Å²) in [5.74, 6) is -7.57. The number of allylic oxidation sites excluding steroid dienone is 2. The summed E-state index contributed by atoms with van der Waals surface area (Å²) in [7, 11) is 1.92. The van der Waals surface area contributed by atoms with Gasteiger partial charge < -0.3 is 53.4 Å². The zero-order valence-electron chi connectivity index (χ0n) is 43.2. The van der Waals surface area contributed by atoms with Gasteiger partial charge in [-0.05, 0) is 108 Å². The Morgan fingerprint density at radius 3 is 2.18 bits per heavy atom. The fourth-order valence-corrected chi connectivity index (χ4v) is 12.2. The molecular weight excluding hydrogens is 879 g/mol. The van der Waals surface area contributed by atoms with Gasteiger partial charge in [-0.3, -0.25) is 14.4 Å². The monoisotopic (exact) mass is 966 g/mol. The van der Waals surface area contributed by atoms with E-state index in [1.165, 1.54) is 26.2 Å². The van der Waals surface area contributed by atoms with E-state index in [2.05, 4.69) is 40.8 Å². The first-order valence-corrected chi connectivity index (χ1v) is 27.7. The summed E-state index contributed by atoms with van der Waals surface area (Å²) in [5.41, 5.74) is 0.419. The first kappa shape index (κ1) is 57.2. The minimum Gasteiger partial charge on any atom is -0.456 e. The third-order valence-corrected chi connectivity index (χ3v) is 20.6. The van der Waals surface area contributed by atoms with E-state index in [-0.39, 0.29) is 55.4 Å². The maximum Gasteiger partial charge on any atom is 0.329 e. The van der Waals surface area contributed by atoms with Crippen LogP contribution in [0.15, 0.2) is 23.3 Å². The molecule has 2 bridgehead atoms. The molecule has 1 aliphatic carbocycles. The van der Waals surface area contributed by atoms with Crippen molar-refractivity contribution in [3.05, 3.63) is 23.3 Å². The average Bonchev–Trinajstić information content (AvgIpc) is 3.28. The fourth-order valence-electron chi connectivity index (χ4n) is 10.8. The Labute approximate surface area is 401 Å². The van der Waals surface area contributed by atoms with Crippen LogP contribution in [0.1, 0.15) is 133 Å². The molecule has 384 valence electrons. The third kappa shape index (κ3) is 13.1. The molecule has 14 unspecified atom stereocenters. The van der Waals surface area contributed by atoms with E-state index < -0.39 is 116 Å². The quantitative estimate of drug-likeness (QED) is 0.0830. The second-order valence-corrected chi connectivity index (χ2v) is 26.8. The molecule has 4 rings (SSSR count). The Morgan fingerprint density at radius 2 is 1.60 bits per heavy atom. The molecule has 1 amide bonds. The number of piperidine rings is 1. The number of ketones is 2.